The number of nitrogens with zero attached hydrogens (tertiary/aromatic N) is 1. The minimum Gasteiger partial charge on any atom is -0.431 e. The van der Waals surface area contributed by atoms with Crippen LogP contribution in [-0.2, 0) is 4.79 Å². The summed E-state index contributed by atoms with van der Waals surface area (Å²) in [7, 11) is 0. The van der Waals surface area contributed by atoms with Crippen LogP contribution in [0, 0.1) is 0 Å². The molecule has 0 bridgehead atoms. The van der Waals surface area contributed by atoms with Crippen molar-refractivity contribution >= 4 is 34.5 Å². The molecule has 1 fully saturated rings. The lowest BCUT2D eigenvalue weighted by molar-refractivity contribution is -0.113. The second-order valence-electron chi connectivity index (χ2n) is 6.74. The van der Waals surface area contributed by atoms with Crippen LogP contribution in [0.3, 0.4) is 0 Å². The Bertz CT molecular complexity index is 849. The number of oxazole rings is 1. The third-order valence-electron chi connectivity index (χ3n) is 4.87. The molecule has 2 aromatic carbocycles. The van der Waals surface area contributed by atoms with Gasteiger partial charge in [-0.15, -0.1) is 0 Å². The molecule has 0 atom stereocenters. The molecule has 5 heteroatoms. The number of rotatable bonds is 5. The number of hydrogen-bond donors (Lipinski definition) is 1. The number of amides is 1. The van der Waals surface area contributed by atoms with E-state index in [0.29, 0.717) is 11.1 Å². The Balaban J connectivity index is 1.31. The van der Waals surface area contributed by atoms with Crippen LogP contribution in [0.2, 0.25) is 0 Å². The first-order valence-electron chi connectivity index (χ1n) is 9.16. The molecule has 1 saturated carbocycles. The van der Waals surface area contributed by atoms with Gasteiger partial charge in [0.1, 0.15) is 5.52 Å². The molecular weight excluding hydrogens is 344 g/mol. The van der Waals surface area contributed by atoms with Gasteiger partial charge in [-0.05, 0) is 48.6 Å². The Morgan fingerprint density at radius 2 is 1.85 bits per heavy atom. The molecule has 0 aliphatic heterocycles. The van der Waals surface area contributed by atoms with E-state index in [1.807, 2.05) is 36.4 Å². The van der Waals surface area contributed by atoms with Gasteiger partial charge in [0.25, 0.3) is 5.22 Å². The van der Waals surface area contributed by atoms with Crippen molar-refractivity contribution in [3.63, 3.8) is 0 Å². The normalized spacial score (nSPS) is 15.2. The fourth-order valence-corrected chi connectivity index (χ4v) is 4.15. The molecule has 0 radical (unpaired) electrons. The van der Waals surface area contributed by atoms with Crippen molar-refractivity contribution in [1.82, 2.24) is 4.98 Å². The lowest BCUT2D eigenvalue weighted by Crippen LogP contribution is -2.14. The molecule has 0 unspecified atom stereocenters. The molecule has 4 rings (SSSR count). The second-order valence-corrected chi connectivity index (χ2v) is 7.67. The number of carbonyl (C=O) groups is 1. The molecule has 26 heavy (non-hydrogen) atoms. The second kappa shape index (κ2) is 7.96. The van der Waals surface area contributed by atoms with Gasteiger partial charge in [0, 0.05) is 5.69 Å². The Kier molecular flexibility index (Phi) is 5.25. The molecule has 1 heterocycles. The number of anilines is 1. The summed E-state index contributed by atoms with van der Waals surface area (Å²) in [6, 6.07) is 15.9. The van der Waals surface area contributed by atoms with Gasteiger partial charge in [0.2, 0.25) is 5.91 Å². The van der Waals surface area contributed by atoms with Crippen LogP contribution in [-0.4, -0.2) is 16.6 Å². The number of aromatic nitrogens is 1. The predicted octanol–water partition coefficient (Wildman–Crippen LogP) is 5.61. The number of hydrogen-bond acceptors (Lipinski definition) is 4. The maximum Gasteiger partial charge on any atom is 0.257 e. The standard InChI is InChI=1S/C21H22N2O2S/c24-20(14-26-21-23-18-8-4-5-9-19(18)25-21)22-17-12-10-16(11-13-17)15-6-2-1-3-7-15/h4-5,8-13,15H,1-3,6-7,14H2,(H,22,24). The van der Waals surface area contributed by atoms with Crippen molar-refractivity contribution in [3.05, 3.63) is 54.1 Å². The summed E-state index contributed by atoms with van der Waals surface area (Å²) in [6.07, 6.45) is 6.59. The van der Waals surface area contributed by atoms with E-state index < -0.39 is 0 Å². The quantitative estimate of drug-likeness (QED) is 0.597. The fourth-order valence-electron chi connectivity index (χ4n) is 3.51. The lowest BCUT2D eigenvalue weighted by Gasteiger charge is -2.22. The molecule has 1 aromatic heterocycles. The Hall–Kier alpha value is -2.27. The number of carbonyl (C=O) groups excluding carboxylic acids is 1. The van der Waals surface area contributed by atoms with Crippen molar-refractivity contribution < 1.29 is 9.21 Å². The highest BCUT2D eigenvalue weighted by molar-refractivity contribution is 7.99. The van der Waals surface area contributed by atoms with Crippen molar-refractivity contribution in [2.45, 2.75) is 43.2 Å². The highest BCUT2D eigenvalue weighted by Gasteiger charge is 2.15. The summed E-state index contributed by atoms with van der Waals surface area (Å²) in [4.78, 5) is 16.6. The Morgan fingerprint density at radius 1 is 1.08 bits per heavy atom. The number of benzene rings is 2. The van der Waals surface area contributed by atoms with Crippen molar-refractivity contribution in [1.29, 1.82) is 0 Å². The average Bonchev–Trinajstić information content (AvgIpc) is 3.11. The summed E-state index contributed by atoms with van der Waals surface area (Å²) in [5.41, 5.74) is 3.79. The van der Waals surface area contributed by atoms with Gasteiger partial charge >= 0.3 is 0 Å². The van der Waals surface area contributed by atoms with Gasteiger partial charge in [0.15, 0.2) is 5.58 Å². The van der Waals surface area contributed by atoms with Crippen LogP contribution in [0.5, 0.6) is 0 Å². The highest BCUT2D eigenvalue weighted by Crippen LogP contribution is 2.33. The summed E-state index contributed by atoms with van der Waals surface area (Å²) in [6.45, 7) is 0. The first-order chi connectivity index (χ1) is 12.8. The molecule has 1 N–H and O–H groups in total. The van der Waals surface area contributed by atoms with Crippen LogP contribution in [0.15, 0.2) is 58.2 Å². The summed E-state index contributed by atoms with van der Waals surface area (Å²) in [5, 5.41) is 3.47. The smallest absolute Gasteiger partial charge is 0.257 e. The predicted molar refractivity (Wildman–Crippen MR) is 106 cm³/mol. The minimum absolute atomic E-state index is 0.0531. The Morgan fingerprint density at radius 3 is 2.62 bits per heavy atom. The van der Waals surface area contributed by atoms with Gasteiger partial charge in [-0.2, -0.15) is 0 Å². The summed E-state index contributed by atoms with van der Waals surface area (Å²) < 4.78 is 5.62. The van der Waals surface area contributed by atoms with Crippen LogP contribution in [0.25, 0.3) is 11.1 Å². The number of thioether (sulfide) groups is 1. The van der Waals surface area contributed by atoms with Gasteiger partial charge in [-0.1, -0.05) is 55.3 Å². The maximum atomic E-state index is 12.2. The molecule has 4 nitrogen and oxygen atoms in total. The van der Waals surface area contributed by atoms with E-state index in [1.54, 1.807) is 0 Å². The fraction of sp³-hybridized carbons (Fsp3) is 0.333. The number of para-hydroxylation sites is 2. The maximum absolute atomic E-state index is 12.2. The van der Waals surface area contributed by atoms with E-state index in [-0.39, 0.29) is 11.7 Å². The van der Waals surface area contributed by atoms with E-state index in [1.165, 1.54) is 49.4 Å². The average molecular weight is 366 g/mol. The van der Waals surface area contributed by atoms with Crippen molar-refractivity contribution in [3.8, 4) is 0 Å². The third kappa shape index (κ3) is 4.10. The topological polar surface area (TPSA) is 55.1 Å². The SMILES string of the molecule is O=C(CSc1nc2ccccc2o1)Nc1ccc(C2CCCCC2)cc1. The molecule has 0 saturated heterocycles. The molecule has 1 aliphatic rings. The van der Waals surface area contributed by atoms with Gasteiger partial charge in [-0.3, -0.25) is 4.79 Å². The van der Waals surface area contributed by atoms with Crippen LogP contribution in [0.4, 0.5) is 5.69 Å². The summed E-state index contributed by atoms with van der Waals surface area (Å²) >= 11 is 1.31. The van der Waals surface area contributed by atoms with Gasteiger partial charge in [0.05, 0.1) is 5.75 Å². The van der Waals surface area contributed by atoms with E-state index in [0.717, 1.165) is 16.8 Å². The van der Waals surface area contributed by atoms with Gasteiger partial charge < -0.3 is 9.73 Å². The van der Waals surface area contributed by atoms with E-state index in [2.05, 4.69) is 22.4 Å². The van der Waals surface area contributed by atoms with E-state index in [4.69, 9.17) is 4.42 Å². The highest BCUT2D eigenvalue weighted by atomic mass is 32.2. The van der Waals surface area contributed by atoms with E-state index in [9.17, 15) is 4.79 Å². The molecule has 0 spiro atoms. The zero-order valence-electron chi connectivity index (χ0n) is 14.6. The van der Waals surface area contributed by atoms with Crippen LogP contribution < -0.4 is 5.32 Å². The first-order valence-corrected chi connectivity index (χ1v) is 10.1. The first kappa shape index (κ1) is 17.2. The Labute approximate surface area is 157 Å². The largest absolute Gasteiger partial charge is 0.431 e. The van der Waals surface area contributed by atoms with Crippen molar-refractivity contribution in [2.75, 3.05) is 11.1 Å². The molecule has 3 aromatic rings. The minimum atomic E-state index is -0.0531. The molecule has 1 aliphatic carbocycles. The molecular formula is C21H22N2O2S. The van der Waals surface area contributed by atoms with E-state index >= 15 is 0 Å². The molecule has 134 valence electrons. The van der Waals surface area contributed by atoms with Gasteiger partial charge in [-0.25, -0.2) is 4.98 Å². The number of nitrogens with one attached hydrogen (secondary N) is 1. The lowest BCUT2D eigenvalue weighted by atomic mass is 9.84. The van der Waals surface area contributed by atoms with Crippen LogP contribution >= 0.6 is 11.8 Å². The zero-order valence-corrected chi connectivity index (χ0v) is 15.4. The molecule has 1 amide bonds. The zero-order chi connectivity index (χ0) is 17.8. The number of fused-ring (bicyclic) bond motifs is 1. The van der Waals surface area contributed by atoms with Crippen molar-refractivity contribution in [2.24, 2.45) is 0 Å². The third-order valence-corrected chi connectivity index (χ3v) is 5.70. The summed E-state index contributed by atoms with van der Waals surface area (Å²) in [5.74, 6) is 0.905. The van der Waals surface area contributed by atoms with Crippen LogP contribution in [0.1, 0.15) is 43.6 Å². The monoisotopic (exact) mass is 366 g/mol.